The standard InChI is InChI=1S/C11H13ClFNO2/c1-11(2,10(15)16)6-14-9-4-7(12)3-8(13)5-9/h3-5,14H,6H2,1-2H3,(H,15,16). The third kappa shape index (κ3) is 3.38. The highest BCUT2D eigenvalue weighted by atomic mass is 35.5. The van der Waals surface area contributed by atoms with E-state index in [2.05, 4.69) is 5.32 Å². The molecule has 0 saturated heterocycles. The van der Waals surface area contributed by atoms with Crippen molar-refractivity contribution in [2.45, 2.75) is 13.8 Å². The number of benzene rings is 1. The Morgan fingerprint density at radius 3 is 2.62 bits per heavy atom. The van der Waals surface area contributed by atoms with Crippen LogP contribution in [-0.4, -0.2) is 17.6 Å². The number of anilines is 1. The van der Waals surface area contributed by atoms with E-state index in [9.17, 15) is 9.18 Å². The van der Waals surface area contributed by atoms with E-state index in [1.807, 2.05) is 0 Å². The summed E-state index contributed by atoms with van der Waals surface area (Å²) in [7, 11) is 0. The van der Waals surface area contributed by atoms with Crippen LogP contribution in [0.25, 0.3) is 0 Å². The van der Waals surface area contributed by atoms with Crippen molar-refractivity contribution in [2.24, 2.45) is 5.41 Å². The topological polar surface area (TPSA) is 49.3 Å². The van der Waals surface area contributed by atoms with Crippen LogP contribution in [0.5, 0.6) is 0 Å². The Hall–Kier alpha value is -1.29. The molecule has 0 aliphatic rings. The van der Waals surface area contributed by atoms with Crippen molar-refractivity contribution in [3.05, 3.63) is 29.0 Å². The van der Waals surface area contributed by atoms with Gasteiger partial charge in [-0.05, 0) is 32.0 Å². The van der Waals surface area contributed by atoms with Crippen molar-refractivity contribution >= 4 is 23.3 Å². The van der Waals surface area contributed by atoms with Gasteiger partial charge in [-0.3, -0.25) is 4.79 Å². The Morgan fingerprint density at radius 2 is 2.12 bits per heavy atom. The molecule has 0 radical (unpaired) electrons. The predicted octanol–water partition coefficient (Wildman–Crippen LogP) is 3.00. The lowest BCUT2D eigenvalue weighted by atomic mass is 9.94. The third-order valence-corrected chi connectivity index (χ3v) is 2.39. The van der Waals surface area contributed by atoms with Crippen LogP contribution >= 0.6 is 11.6 Å². The highest BCUT2D eigenvalue weighted by molar-refractivity contribution is 6.30. The number of hydrogen-bond acceptors (Lipinski definition) is 2. The first-order valence-electron chi connectivity index (χ1n) is 4.74. The van der Waals surface area contributed by atoms with Crippen LogP contribution in [0.3, 0.4) is 0 Å². The maximum absolute atomic E-state index is 13.0. The molecule has 0 aromatic heterocycles. The normalized spacial score (nSPS) is 11.2. The molecule has 16 heavy (non-hydrogen) atoms. The Balaban J connectivity index is 2.71. The van der Waals surface area contributed by atoms with Crippen LogP contribution in [0, 0.1) is 11.2 Å². The summed E-state index contributed by atoms with van der Waals surface area (Å²) in [5.74, 6) is -1.37. The number of carboxylic acids is 1. The molecule has 0 bridgehead atoms. The van der Waals surface area contributed by atoms with Gasteiger partial charge in [0.1, 0.15) is 5.82 Å². The summed E-state index contributed by atoms with van der Waals surface area (Å²) >= 11 is 5.67. The number of nitrogens with one attached hydrogen (secondary N) is 1. The van der Waals surface area contributed by atoms with E-state index in [1.165, 1.54) is 12.1 Å². The van der Waals surface area contributed by atoms with E-state index < -0.39 is 17.2 Å². The molecule has 0 saturated carbocycles. The van der Waals surface area contributed by atoms with Gasteiger partial charge in [0.15, 0.2) is 0 Å². The minimum Gasteiger partial charge on any atom is -0.481 e. The maximum atomic E-state index is 13.0. The van der Waals surface area contributed by atoms with Crippen molar-refractivity contribution in [3.63, 3.8) is 0 Å². The van der Waals surface area contributed by atoms with Gasteiger partial charge in [0, 0.05) is 17.3 Å². The van der Waals surface area contributed by atoms with Gasteiger partial charge in [-0.15, -0.1) is 0 Å². The lowest BCUT2D eigenvalue weighted by molar-refractivity contribution is -0.146. The molecule has 1 aromatic carbocycles. The van der Waals surface area contributed by atoms with Gasteiger partial charge in [0.2, 0.25) is 0 Å². The second kappa shape index (κ2) is 4.70. The number of carbonyl (C=O) groups is 1. The molecule has 0 aliphatic heterocycles. The molecule has 0 aliphatic carbocycles. The molecule has 3 nitrogen and oxygen atoms in total. The molecule has 2 N–H and O–H groups in total. The average Bonchev–Trinajstić information content (AvgIpc) is 2.13. The third-order valence-electron chi connectivity index (χ3n) is 2.18. The molecule has 0 spiro atoms. The number of aliphatic carboxylic acids is 1. The van der Waals surface area contributed by atoms with Crippen molar-refractivity contribution in [2.75, 3.05) is 11.9 Å². The Kier molecular flexibility index (Phi) is 3.75. The number of halogens is 2. The summed E-state index contributed by atoms with van der Waals surface area (Å²) in [5, 5.41) is 12.0. The summed E-state index contributed by atoms with van der Waals surface area (Å²) in [6, 6.07) is 4.00. The van der Waals surface area contributed by atoms with Gasteiger partial charge >= 0.3 is 5.97 Å². The van der Waals surface area contributed by atoms with Gasteiger partial charge < -0.3 is 10.4 Å². The van der Waals surface area contributed by atoms with Gasteiger partial charge in [-0.25, -0.2) is 4.39 Å². The minimum absolute atomic E-state index is 0.197. The van der Waals surface area contributed by atoms with Crippen molar-refractivity contribution in [1.82, 2.24) is 0 Å². The molecule has 5 heteroatoms. The molecular formula is C11H13ClFNO2. The van der Waals surface area contributed by atoms with Crippen molar-refractivity contribution < 1.29 is 14.3 Å². The fourth-order valence-electron chi connectivity index (χ4n) is 1.05. The molecule has 0 amide bonds. The summed E-state index contributed by atoms with van der Waals surface area (Å²) < 4.78 is 13.0. The zero-order valence-electron chi connectivity index (χ0n) is 9.05. The van der Waals surface area contributed by atoms with E-state index in [-0.39, 0.29) is 11.6 Å². The van der Waals surface area contributed by atoms with Crippen molar-refractivity contribution in [1.29, 1.82) is 0 Å². The minimum atomic E-state index is -0.918. The second-order valence-corrected chi connectivity index (χ2v) is 4.64. The van der Waals surface area contributed by atoms with Crippen LogP contribution in [0.15, 0.2) is 18.2 Å². The molecule has 0 fully saturated rings. The fourth-order valence-corrected chi connectivity index (χ4v) is 1.28. The molecule has 1 rings (SSSR count). The molecular weight excluding hydrogens is 233 g/mol. The summed E-state index contributed by atoms with van der Waals surface area (Å²) in [5.41, 5.74) is -0.446. The number of carboxylic acid groups (broad SMARTS) is 1. The van der Waals surface area contributed by atoms with E-state index in [0.717, 1.165) is 0 Å². The highest BCUT2D eigenvalue weighted by Crippen LogP contribution is 2.21. The Morgan fingerprint density at radius 1 is 1.50 bits per heavy atom. The summed E-state index contributed by atoms with van der Waals surface area (Å²) in [6.45, 7) is 3.37. The van der Waals surface area contributed by atoms with E-state index in [1.54, 1.807) is 19.9 Å². The van der Waals surface area contributed by atoms with Crippen LogP contribution in [0.4, 0.5) is 10.1 Å². The first-order valence-corrected chi connectivity index (χ1v) is 5.12. The Bertz CT molecular complexity index is 387. The second-order valence-electron chi connectivity index (χ2n) is 4.20. The lowest BCUT2D eigenvalue weighted by Gasteiger charge is -2.20. The zero-order chi connectivity index (χ0) is 12.3. The fraction of sp³-hybridized carbons (Fsp3) is 0.364. The summed E-state index contributed by atoms with van der Waals surface area (Å²) in [4.78, 5) is 10.8. The summed E-state index contributed by atoms with van der Waals surface area (Å²) in [6.07, 6.45) is 0. The molecule has 88 valence electrons. The smallest absolute Gasteiger partial charge is 0.310 e. The van der Waals surface area contributed by atoms with Crippen LogP contribution in [0.2, 0.25) is 5.02 Å². The van der Waals surface area contributed by atoms with E-state index in [4.69, 9.17) is 16.7 Å². The van der Waals surface area contributed by atoms with Gasteiger partial charge in [-0.2, -0.15) is 0 Å². The first kappa shape index (κ1) is 12.8. The number of rotatable bonds is 4. The molecule has 0 atom stereocenters. The SMILES string of the molecule is CC(C)(CNc1cc(F)cc(Cl)c1)C(=O)O. The van der Waals surface area contributed by atoms with E-state index in [0.29, 0.717) is 5.69 Å². The maximum Gasteiger partial charge on any atom is 0.310 e. The van der Waals surface area contributed by atoms with Gasteiger partial charge in [-0.1, -0.05) is 11.6 Å². The first-order chi connectivity index (χ1) is 7.31. The van der Waals surface area contributed by atoms with E-state index >= 15 is 0 Å². The predicted molar refractivity (Wildman–Crippen MR) is 61.3 cm³/mol. The molecule has 0 unspecified atom stereocenters. The van der Waals surface area contributed by atoms with Crippen molar-refractivity contribution in [3.8, 4) is 0 Å². The number of hydrogen-bond donors (Lipinski definition) is 2. The van der Waals surface area contributed by atoms with Gasteiger partial charge in [0.25, 0.3) is 0 Å². The quantitative estimate of drug-likeness (QED) is 0.857. The Labute approximate surface area is 98.2 Å². The zero-order valence-corrected chi connectivity index (χ0v) is 9.81. The van der Waals surface area contributed by atoms with Crippen LogP contribution in [0.1, 0.15) is 13.8 Å². The van der Waals surface area contributed by atoms with Gasteiger partial charge in [0.05, 0.1) is 5.41 Å². The molecule has 1 aromatic rings. The highest BCUT2D eigenvalue weighted by Gasteiger charge is 2.26. The lowest BCUT2D eigenvalue weighted by Crippen LogP contribution is -2.31. The largest absolute Gasteiger partial charge is 0.481 e. The molecule has 0 heterocycles. The van der Waals surface area contributed by atoms with Crippen LogP contribution in [-0.2, 0) is 4.79 Å². The average molecular weight is 246 g/mol. The van der Waals surface area contributed by atoms with Crippen LogP contribution < -0.4 is 5.32 Å². The monoisotopic (exact) mass is 245 g/mol.